The summed E-state index contributed by atoms with van der Waals surface area (Å²) >= 11 is 0. The average Bonchev–Trinajstić information content (AvgIpc) is 2.99. The van der Waals surface area contributed by atoms with Crippen LogP contribution >= 0.6 is 0 Å². The lowest BCUT2D eigenvalue weighted by Gasteiger charge is -2.14. The highest BCUT2D eigenvalue weighted by Gasteiger charge is 2.20. The van der Waals surface area contributed by atoms with E-state index in [0.717, 1.165) is 30.3 Å². The van der Waals surface area contributed by atoms with E-state index in [1.165, 1.54) is 0 Å². The third-order valence-electron chi connectivity index (χ3n) is 2.95. The fraction of sp³-hybridized carbons (Fsp3) is 0.462. The normalized spacial score (nSPS) is 12.9. The molecule has 0 aromatic carbocycles. The van der Waals surface area contributed by atoms with Gasteiger partial charge in [-0.15, -0.1) is 0 Å². The van der Waals surface area contributed by atoms with Crippen LogP contribution in [0.15, 0.2) is 28.9 Å². The molecule has 0 radical (unpaired) electrons. The Bertz CT molecular complexity index is 472. The molecule has 2 rings (SSSR count). The van der Waals surface area contributed by atoms with Gasteiger partial charge in [0, 0.05) is 25.4 Å². The Morgan fingerprint density at radius 3 is 2.82 bits per heavy atom. The predicted molar refractivity (Wildman–Crippen MR) is 66.9 cm³/mol. The molecular weight excluding hydrogens is 214 g/mol. The molecule has 92 valence electrons. The van der Waals surface area contributed by atoms with Crippen LogP contribution in [-0.4, -0.2) is 16.6 Å². The van der Waals surface area contributed by atoms with Crippen LogP contribution in [0.2, 0.25) is 0 Å². The van der Waals surface area contributed by atoms with Gasteiger partial charge in [0.1, 0.15) is 23.4 Å². The minimum atomic E-state index is 0.0187. The molecule has 1 N–H and O–H groups in total. The van der Waals surface area contributed by atoms with Gasteiger partial charge in [0.2, 0.25) is 0 Å². The fourth-order valence-electron chi connectivity index (χ4n) is 1.99. The summed E-state index contributed by atoms with van der Waals surface area (Å²) in [6.45, 7) is 5.11. The average molecular weight is 233 g/mol. The molecule has 0 amide bonds. The third-order valence-corrected chi connectivity index (χ3v) is 2.95. The molecule has 4 nitrogen and oxygen atoms in total. The molecule has 0 aliphatic rings. The number of imidazole rings is 1. The first-order valence-electron chi connectivity index (χ1n) is 6.07. The predicted octanol–water partition coefficient (Wildman–Crippen LogP) is 2.37. The van der Waals surface area contributed by atoms with Crippen LogP contribution in [0.5, 0.6) is 0 Å². The molecule has 17 heavy (non-hydrogen) atoms. The zero-order valence-corrected chi connectivity index (χ0v) is 10.6. The van der Waals surface area contributed by atoms with Gasteiger partial charge in [-0.2, -0.15) is 0 Å². The third kappa shape index (κ3) is 2.26. The van der Waals surface area contributed by atoms with Crippen LogP contribution < -0.4 is 5.32 Å². The number of hydrogen-bond donors (Lipinski definition) is 1. The van der Waals surface area contributed by atoms with Gasteiger partial charge in [-0.25, -0.2) is 4.98 Å². The van der Waals surface area contributed by atoms with Crippen LogP contribution in [-0.2, 0) is 13.0 Å². The van der Waals surface area contributed by atoms with Gasteiger partial charge in [-0.1, -0.05) is 6.92 Å². The van der Waals surface area contributed by atoms with E-state index < -0.39 is 0 Å². The molecule has 0 spiro atoms. The summed E-state index contributed by atoms with van der Waals surface area (Å²) < 4.78 is 7.91. The lowest BCUT2D eigenvalue weighted by Crippen LogP contribution is -2.21. The summed E-state index contributed by atoms with van der Waals surface area (Å²) in [6, 6.07) is 4.07. The first-order chi connectivity index (χ1) is 8.30. The van der Waals surface area contributed by atoms with E-state index in [9.17, 15) is 0 Å². The SMILES string of the molecule is CCc1ccc(C(NC)c2nccn2CC)o1. The summed E-state index contributed by atoms with van der Waals surface area (Å²) in [4.78, 5) is 4.41. The largest absolute Gasteiger partial charge is 0.464 e. The van der Waals surface area contributed by atoms with Gasteiger partial charge < -0.3 is 14.3 Å². The van der Waals surface area contributed by atoms with E-state index in [4.69, 9.17) is 4.42 Å². The second kappa shape index (κ2) is 5.19. The first kappa shape index (κ1) is 11.9. The standard InChI is InChI=1S/C13H19N3O/c1-4-10-6-7-11(17-10)12(14-3)13-15-8-9-16(13)5-2/h6-9,12,14H,4-5H2,1-3H3. The Labute approximate surface area is 102 Å². The molecule has 0 saturated carbocycles. The molecular formula is C13H19N3O. The maximum Gasteiger partial charge on any atom is 0.133 e. The van der Waals surface area contributed by atoms with Gasteiger partial charge in [0.15, 0.2) is 0 Å². The topological polar surface area (TPSA) is 43.0 Å². The van der Waals surface area contributed by atoms with Gasteiger partial charge in [-0.3, -0.25) is 0 Å². The van der Waals surface area contributed by atoms with Crippen molar-refractivity contribution >= 4 is 0 Å². The molecule has 0 aliphatic carbocycles. The van der Waals surface area contributed by atoms with Crippen molar-refractivity contribution in [3.8, 4) is 0 Å². The minimum absolute atomic E-state index is 0.0187. The monoisotopic (exact) mass is 233 g/mol. The zero-order chi connectivity index (χ0) is 12.3. The number of hydrogen-bond acceptors (Lipinski definition) is 3. The fourth-order valence-corrected chi connectivity index (χ4v) is 1.99. The Hall–Kier alpha value is -1.55. The molecule has 2 aromatic heterocycles. The van der Waals surface area contributed by atoms with E-state index in [1.807, 2.05) is 31.6 Å². The van der Waals surface area contributed by atoms with Crippen LogP contribution in [0.25, 0.3) is 0 Å². The van der Waals surface area contributed by atoms with Crippen molar-refractivity contribution in [2.75, 3.05) is 7.05 Å². The minimum Gasteiger partial charge on any atom is -0.464 e. The number of furan rings is 1. The van der Waals surface area contributed by atoms with E-state index in [2.05, 4.69) is 28.7 Å². The van der Waals surface area contributed by atoms with Crippen LogP contribution in [0.3, 0.4) is 0 Å². The highest BCUT2D eigenvalue weighted by molar-refractivity contribution is 5.18. The van der Waals surface area contributed by atoms with E-state index in [0.29, 0.717) is 0 Å². The van der Waals surface area contributed by atoms with Crippen molar-refractivity contribution in [3.05, 3.63) is 41.9 Å². The number of rotatable bonds is 5. The Morgan fingerprint density at radius 1 is 1.41 bits per heavy atom. The second-order valence-corrected chi connectivity index (χ2v) is 3.95. The van der Waals surface area contributed by atoms with Crippen LogP contribution in [0, 0.1) is 0 Å². The zero-order valence-electron chi connectivity index (χ0n) is 10.6. The second-order valence-electron chi connectivity index (χ2n) is 3.95. The lowest BCUT2D eigenvalue weighted by molar-refractivity contribution is 0.420. The van der Waals surface area contributed by atoms with Gasteiger partial charge in [0.25, 0.3) is 0 Å². The van der Waals surface area contributed by atoms with Crippen molar-refractivity contribution < 1.29 is 4.42 Å². The molecule has 0 aliphatic heterocycles. The number of nitrogens with zero attached hydrogens (tertiary/aromatic N) is 2. The van der Waals surface area contributed by atoms with Crippen molar-refractivity contribution in [1.82, 2.24) is 14.9 Å². The lowest BCUT2D eigenvalue weighted by atomic mass is 10.2. The van der Waals surface area contributed by atoms with Crippen molar-refractivity contribution in [2.45, 2.75) is 32.9 Å². The van der Waals surface area contributed by atoms with Crippen LogP contribution in [0.4, 0.5) is 0 Å². The summed E-state index contributed by atoms with van der Waals surface area (Å²) in [5.41, 5.74) is 0. The van der Waals surface area contributed by atoms with Gasteiger partial charge in [0.05, 0.1) is 0 Å². The molecule has 1 atom stereocenters. The number of aryl methyl sites for hydroxylation is 2. The number of nitrogens with one attached hydrogen (secondary N) is 1. The number of aromatic nitrogens is 2. The maximum absolute atomic E-state index is 5.79. The summed E-state index contributed by atoms with van der Waals surface area (Å²) in [6.07, 6.45) is 4.73. The summed E-state index contributed by atoms with van der Waals surface area (Å²) in [5.74, 6) is 2.92. The Morgan fingerprint density at radius 2 is 2.24 bits per heavy atom. The highest BCUT2D eigenvalue weighted by atomic mass is 16.3. The summed E-state index contributed by atoms with van der Waals surface area (Å²) in [7, 11) is 1.92. The summed E-state index contributed by atoms with van der Waals surface area (Å²) in [5, 5.41) is 3.26. The molecule has 0 fully saturated rings. The molecule has 1 unspecified atom stereocenters. The first-order valence-corrected chi connectivity index (χ1v) is 6.07. The Balaban J connectivity index is 2.33. The van der Waals surface area contributed by atoms with Gasteiger partial charge in [-0.05, 0) is 26.1 Å². The Kier molecular flexibility index (Phi) is 3.64. The molecule has 0 saturated heterocycles. The van der Waals surface area contributed by atoms with Crippen LogP contribution in [0.1, 0.15) is 37.2 Å². The van der Waals surface area contributed by atoms with Crippen molar-refractivity contribution in [2.24, 2.45) is 0 Å². The molecule has 4 heteroatoms. The highest BCUT2D eigenvalue weighted by Crippen LogP contribution is 2.22. The quantitative estimate of drug-likeness (QED) is 0.862. The smallest absolute Gasteiger partial charge is 0.133 e. The van der Waals surface area contributed by atoms with E-state index in [-0.39, 0.29) is 6.04 Å². The molecule has 0 bridgehead atoms. The molecule has 2 aromatic rings. The van der Waals surface area contributed by atoms with Crippen molar-refractivity contribution in [1.29, 1.82) is 0 Å². The van der Waals surface area contributed by atoms with E-state index in [1.54, 1.807) is 0 Å². The van der Waals surface area contributed by atoms with Crippen molar-refractivity contribution in [3.63, 3.8) is 0 Å². The van der Waals surface area contributed by atoms with Gasteiger partial charge >= 0.3 is 0 Å². The van der Waals surface area contributed by atoms with E-state index >= 15 is 0 Å². The maximum atomic E-state index is 5.79. The molecule has 2 heterocycles.